The summed E-state index contributed by atoms with van der Waals surface area (Å²) < 4.78 is 12.0. The molecule has 20 heavy (non-hydrogen) atoms. The zero-order valence-electron chi connectivity index (χ0n) is 10.8. The minimum Gasteiger partial charge on any atom is -0.496 e. The van der Waals surface area contributed by atoms with Gasteiger partial charge < -0.3 is 9.47 Å². The summed E-state index contributed by atoms with van der Waals surface area (Å²) in [7, 11) is 1.64. The first-order valence-corrected chi connectivity index (χ1v) is 8.23. The molecule has 2 aromatic rings. The lowest BCUT2D eigenvalue weighted by molar-refractivity contribution is 0.303. The van der Waals surface area contributed by atoms with Crippen LogP contribution in [0.3, 0.4) is 0 Å². The summed E-state index contributed by atoms with van der Waals surface area (Å²) in [6.45, 7) is 0.475. The Morgan fingerprint density at radius 1 is 1.15 bits per heavy atom. The molecule has 0 aromatic heterocycles. The van der Waals surface area contributed by atoms with Crippen LogP contribution >= 0.6 is 43.5 Å². The highest BCUT2D eigenvalue weighted by Crippen LogP contribution is 2.30. The van der Waals surface area contributed by atoms with E-state index in [2.05, 4.69) is 31.9 Å². The van der Waals surface area contributed by atoms with Crippen molar-refractivity contribution in [1.82, 2.24) is 0 Å². The van der Waals surface area contributed by atoms with Crippen LogP contribution in [0.5, 0.6) is 11.5 Å². The fourth-order valence-electron chi connectivity index (χ4n) is 1.76. The summed E-state index contributed by atoms with van der Waals surface area (Å²) in [4.78, 5) is 0. The quantitative estimate of drug-likeness (QED) is 0.588. The van der Waals surface area contributed by atoms with Crippen molar-refractivity contribution in [3.63, 3.8) is 0 Å². The first-order valence-electron chi connectivity index (χ1n) is 5.94. The normalized spacial score (nSPS) is 10.4. The summed E-state index contributed by atoms with van der Waals surface area (Å²) in [5, 5.41) is 1.36. The fraction of sp³-hybridized carbons (Fsp3) is 0.200. The first kappa shape index (κ1) is 15.7. The molecule has 0 aliphatic heterocycles. The maximum Gasteiger partial charge on any atom is 0.133 e. The second-order valence-corrected chi connectivity index (χ2v) is 5.93. The minimum atomic E-state index is 0.475. The van der Waals surface area contributed by atoms with Gasteiger partial charge in [-0.1, -0.05) is 39.7 Å². The van der Waals surface area contributed by atoms with Crippen molar-refractivity contribution in [2.45, 2.75) is 11.9 Å². The molecule has 0 N–H and O–H groups in total. The van der Waals surface area contributed by atoms with E-state index in [0.29, 0.717) is 17.0 Å². The zero-order chi connectivity index (χ0) is 14.5. The maximum atomic E-state index is 6.14. The van der Waals surface area contributed by atoms with Crippen molar-refractivity contribution < 1.29 is 9.47 Å². The van der Waals surface area contributed by atoms with Gasteiger partial charge >= 0.3 is 0 Å². The fourth-order valence-corrected chi connectivity index (χ4v) is 3.33. The van der Waals surface area contributed by atoms with Crippen molar-refractivity contribution in [2.24, 2.45) is 0 Å². The summed E-state index contributed by atoms with van der Waals surface area (Å²) in [6.07, 6.45) is 0. The number of benzene rings is 2. The molecule has 0 radical (unpaired) electrons. The van der Waals surface area contributed by atoms with E-state index in [4.69, 9.17) is 21.1 Å². The molecule has 2 aromatic carbocycles. The monoisotopic (exact) mass is 418 g/mol. The lowest BCUT2D eigenvalue weighted by Crippen LogP contribution is -1.98. The zero-order valence-corrected chi connectivity index (χ0v) is 14.8. The largest absolute Gasteiger partial charge is 0.496 e. The molecule has 5 heteroatoms. The molecular weight excluding hydrogens is 407 g/mol. The van der Waals surface area contributed by atoms with Crippen molar-refractivity contribution in [1.29, 1.82) is 0 Å². The van der Waals surface area contributed by atoms with Crippen LogP contribution in [0.15, 0.2) is 40.9 Å². The second kappa shape index (κ2) is 7.34. The minimum absolute atomic E-state index is 0.475. The first-order chi connectivity index (χ1) is 9.65. The third-order valence-electron chi connectivity index (χ3n) is 2.82. The van der Waals surface area contributed by atoms with Crippen LogP contribution in [0.1, 0.15) is 11.1 Å². The van der Waals surface area contributed by atoms with Crippen LogP contribution < -0.4 is 9.47 Å². The second-order valence-electron chi connectivity index (χ2n) is 4.11. The lowest BCUT2D eigenvalue weighted by Gasteiger charge is -2.12. The molecule has 0 bridgehead atoms. The predicted molar refractivity (Wildman–Crippen MR) is 89.1 cm³/mol. The number of methoxy groups -OCH3 is 1. The number of halogens is 3. The summed E-state index contributed by atoms with van der Waals surface area (Å²) in [6, 6.07) is 11.5. The van der Waals surface area contributed by atoms with Gasteiger partial charge in [0, 0.05) is 15.9 Å². The van der Waals surface area contributed by atoms with Gasteiger partial charge in [0.2, 0.25) is 0 Å². The Morgan fingerprint density at radius 3 is 2.60 bits per heavy atom. The molecule has 0 aliphatic carbocycles. The molecular formula is C15H13Br2ClO2. The van der Waals surface area contributed by atoms with E-state index in [1.807, 2.05) is 36.4 Å². The average molecular weight is 421 g/mol. The third-order valence-corrected chi connectivity index (χ3v) is 4.35. The van der Waals surface area contributed by atoms with Crippen LogP contribution in [0.4, 0.5) is 0 Å². The Labute approximate surface area is 140 Å². The Hall–Kier alpha value is -0.710. The van der Waals surface area contributed by atoms with Crippen LogP contribution in [0, 0.1) is 0 Å². The van der Waals surface area contributed by atoms with Crippen LogP contribution in [-0.2, 0) is 11.9 Å². The number of ether oxygens (including phenoxy) is 2. The lowest BCUT2D eigenvalue weighted by atomic mass is 10.2. The molecule has 0 aliphatic rings. The van der Waals surface area contributed by atoms with E-state index >= 15 is 0 Å². The number of rotatable bonds is 5. The molecule has 0 saturated heterocycles. The molecule has 0 spiro atoms. The molecule has 0 fully saturated rings. The molecule has 106 valence electrons. The van der Waals surface area contributed by atoms with Crippen LogP contribution in [0.25, 0.3) is 0 Å². The SMILES string of the molecule is COc1ccc(COc2cccc(Cl)c2CBr)cc1Br. The Bertz CT molecular complexity index is 602. The molecule has 0 atom stereocenters. The van der Waals surface area contributed by atoms with Gasteiger partial charge in [-0.15, -0.1) is 0 Å². The van der Waals surface area contributed by atoms with Gasteiger partial charge in [0.1, 0.15) is 18.1 Å². The van der Waals surface area contributed by atoms with Crippen molar-refractivity contribution in [3.8, 4) is 11.5 Å². The Kier molecular flexibility index (Phi) is 5.75. The molecule has 0 saturated carbocycles. The van der Waals surface area contributed by atoms with E-state index in [0.717, 1.165) is 27.1 Å². The van der Waals surface area contributed by atoms with Crippen LogP contribution in [-0.4, -0.2) is 7.11 Å². The van der Waals surface area contributed by atoms with E-state index in [9.17, 15) is 0 Å². The van der Waals surface area contributed by atoms with E-state index in [1.165, 1.54) is 0 Å². The predicted octanol–water partition coefficient (Wildman–Crippen LogP) is 5.59. The molecule has 2 rings (SSSR count). The molecule has 0 unspecified atom stereocenters. The van der Waals surface area contributed by atoms with E-state index in [-0.39, 0.29) is 0 Å². The third kappa shape index (κ3) is 3.68. The van der Waals surface area contributed by atoms with Gasteiger partial charge in [0.05, 0.1) is 11.6 Å². The molecule has 0 heterocycles. The topological polar surface area (TPSA) is 18.5 Å². The highest BCUT2D eigenvalue weighted by atomic mass is 79.9. The summed E-state index contributed by atoms with van der Waals surface area (Å²) >= 11 is 13.0. The maximum absolute atomic E-state index is 6.14. The van der Waals surface area contributed by atoms with Gasteiger partial charge in [-0.05, 0) is 45.8 Å². The Balaban J connectivity index is 2.13. The van der Waals surface area contributed by atoms with Crippen molar-refractivity contribution in [2.75, 3.05) is 7.11 Å². The van der Waals surface area contributed by atoms with Crippen molar-refractivity contribution >= 4 is 43.5 Å². The van der Waals surface area contributed by atoms with Crippen LogP contribution in [0.2, 0.25) is 5.02 Å². The van der Waals surface area contributed by atoms with E-state index in [1.54, 1.807) is 7.11 Å². The highest BCUT2D eigenvalue weighted by Gasteiger charge is 2.08. The number of alkyl halides is 1. The smallest absolute Gasteiger partial charge is 0.133 e. The van der Waals surface area contributed by atoms with Gasteiger partial charge in [0.25, 0.3) is 0 Å². The highest BCUT2D eigenvalue weighted by molar-refractivity contribution is 9.10. The number of hydrogen-bond donors (Lipinski definition) is 0. The summed E-state index contributed by atoms with van der Waals surface area (Å²) in [5.74, 6) is 1.60. The molecule has 0 amide bonds. The van der Waals surface area contributed by atoms with Gasteiger partial charge in [-0.3, -0.25) is 0 Å². The summed E-state index contributed by atoms with van der Waals surface area (Å²) in [5.41, 5.74) is 2.01. The van der Waals surface area contributed by atoms with Gasteiger partial charge in [0.15, 0.2) is 0 Å². The van der Waals surface area contributed by atoms with Crippen molar-refractivity contribution in [3.05, 3.63) is 57.0 Å². The molecule has 2 nitrogen and oxygen atoms in total. The standard InChI is InChI=1S/C15H13Br2ClO2/c1-19-15-6-5-10(7-12(15)17)9-20-14-4-2-3-13(18)11(14)8-16/h2-7H,8-9H2,1H3. The van der Waals surface area contributed by atoms with E-state index < -0.39 is 0 Å². The average Bonchev–Trinajstić information content (AvgIpc) is 2.45. The van der Waals surface area contributed by atoms with Gasteiger partial charge in [-0.2, -0.15) is 0 Å². The van der Waals surface area contributed by atoms with Gasteiger partial charge in [-0.25, -0.2) is 0 Å². The number of hydrogen-bond acceptors (Lipinski definition) is 2. The Morgan fingerprint density at radius 2 is 1.95 bits per heavy atom.